The fourth-order valence-electron chi connectivity index (χ4n) is 12.4. The lowest BCUT2D eigenvalue weighted by Gasteiger charge is -2.67. The standard InChI is InChI=1S/C64H67N5O17/c1-35-47(31-64(80)56(85-58(77)40-20-14-9-15-21-40)54-62(6,48(74)30-49-63(54,34-81-49)86-37(3)71)55(75)52(82-36(2)70)50(35)61(64,4)5)83-59(78)53(51(38-16-10-7-11-17-38)69-57(76)39-18-12-8-13-19-39)84-60(79)68-44-23-25-46(73)42(29-44)33-67-27-26-66-32-41-28-43(65)22-24-45(41)72/h7-25,28-29,32-33,47-49,51-54,56,72-74,80H,26-27,30-31,34,65H2,1-6H3,(H,68,79)(H,69,76)/b66-32+,67-33+/t47-,48-,49+,51-,52?,53+,54?,56-,62+,63-,64+/m0/s1. The fraction of sp³-hybridized carbons (Fsp3) is 0.359. The van der Waals surface area contributed by atoms with Crippen molar-refractivity contribution in [1.82, 2.24) is 5.32 Å². The van der Waals surface area contributed by atoms with Gasteiger partial charge in [0.1, 0.15) is 41.5 Å². The van der Waals surface area contributed by atoms with E-state index >= 15 is 9.59 Å². The molecule has 5 aromatic carbocycles. The number of esters is 4. The zero-order valence-electron chi connectivity index (χ0n) is 48.0. The molecule has 5 aromatic rings. The molecule has 22 nitrogen and oxygen atoms in total. The Bertz CT molecular complexity index is 3520. The van der Waals surface area contributed by atoms with Gasteiger partial charge in [-0.15, -0.1) is 0 Å². The van der Waals surface area contributed by atoms with Gasteiger partial charge < -0.3 is 59.9 Å². The van der Waals surface area contributed by atoms with Crippen LogP contribution in [-0.4, -0.2) is 142 Å². The summed E-state index contributed by atoms with van der Waals surface area (Å²) >= 11 is 0. The quantitative estimate of drug-likeness (QED) is 0.00990. The molecular formula is C64H67N5O17. The molecule has 2 unspecified atom stereocenters. The molecular weight excluding hydrogens is 1110 g/mol. The largest absolute Gasteiger partial charge is 0.507 e. The number of ether oxygens (including phenoxy) is 6. The van der Waals surface area contributed by atoms with Crippen molar-refractivity contribution in [2.45, 2.75) is 108 Å². The van der Waals surface area contributed by atoms with Crippen molar-refractivity contribution in [3.8, 4) is 11.5 Å². The van der Waals surface area contributed by atoms with E-state index in [0.717, 1.165) is 13.8 Å². The number of nitrogens with two attached hydrogens (primary N) is 1. The Balaban J connectivity index is 1.11. The molecule has 0 radical (unpaired) electrons. The molecule has 2 amide bonds. The van der Waals surface area contributed by atoms with Crippen molar-refractivity contribution in [2.75, 3.05) is 30.7 Å². The first-order valence-electron chi connectivity index (χ1n) is 27.8. The number of benzene rings is 5. The predicted octanol–water partition coefficient (Wildman–Crippen LogP) is 6.52. The van der Waals surface area contributed by atoms with Crippen LogP contribution in [0.5, 0.6) is 11.5 Å². The van der Waals surface area contributed by atoms with Crippen molar-refractivity contribution >= 4 is 65.5 Å². The van der Waals surface area contributed by atoms with Crippen molar-refractivity contribution in [3.05, 3.63) is 166 Å². The van der Waals surface area contributed by atoms with Crippen molar-refractivity contribution < 1.29 is 82.4 Å². The van der Waals surface area contributed by atoms with Gasteiger partial charge in [-0.25, -0.2) is 14.4 Å². The predicted molar refractivity (Wildman–Crippen MR) is 311 cm³/mol. The summed E-state index contributed by atoms with van der Waals surface area (Å²) in [5, 5.41) is 52.7. The normalized spacial score (nSPS) is 26.3. The third-order valence-electron chi connectivity index (χ3n) is 16.8. The van der Waals surface area contributed by atoms with Crippen LogP contribution < -0.4 is 16.4 Å². The summed E-state index contributed by atoms with van der Waals surface area (Å²) < 4.78 is 37.1. The molecule has 1 aliphatic heterocycles. The van der Waals surface area contributed by atoms with Gasteiger partial charge in [-0.05, 0) is 91.2 Å². The van der Waals surface area contributed by atoms with E-state index in [9.17, 15) is 44.4 Å². The van der Waals surface area contributed by atoms with Gasteiger partial charge in [0, 0.05) is 72.6 Å². The number of aliphatic hydroxyl groups excluding tert-OH is 1. The van der Waals surface area contributed by atoms with E-state index in [1.807, 2.05) is 0 Å². The summed E-state index contributed by atoms with van der Waals surface area (Å²) in [5.41, 5.74) is -1.02. The van der Waals surface area contributed by atoms with E-state index in [1.54, 1.807) is 78.9 Å². The molecule has 22 heteroatoms. The summed E-state index contributed by atoms with van der Waals surface area (Å²) in [4.78, 5) is 110. The monoisotopic (exact) mass is 1180 g/mol. The van der Waals surface area contributed by atoms with E-state index in [2.05, 4.69) is 20.6 Å². The number of amides is 2. The zero-order valence-corrected chi connectivity index (χ0v) is 48.0. The van der Waals surface area contributed by atoms with E-state index in [0.29, 0.717) is 11.3 Å². The van der Waals surface area contributed by atoms with Crippen LogP contribution in [0.25, 0.3) is 0 Å². The number of carbonyl (C=O) groups excluding carboxylic acids is 7. The van der Waals surface area contributed by atoms with Gasteiger partial charge in [-0.1, -0.05) is 80.6 Å². The number of phenols is 2. The van der Waals surface area contributed by atoms with Gasteiger partial charge in [-0.3, -0.25) is 34.5 Å². The van der Waals surface area contributed by atoms with Gasteiger partial charge in [0.25, 0.3) is 5.91 Å². The highest BCUT2D eigenvalue weighted by atomic mass is 16.6. The number of aliphatic hydroxyl groups is 2. The third kappa shape index (κ3) is 11.9. The first-order chi connectivity index (χ1) is 40.9. The molecule has 0 aromatic heterocycles. The SMILES string of the molecule is CC(=O)OC1C(=O)[C@@]2(C)C([C@H](OC(=O)c3ccccc3)[C@]3(O)C[C@H](OC(=O)[C@H](OC(=O)Nc4ccc(O)c(/C=N/CC/N=C/c5cc(N)ccc5O)c4)[C@@H](NC(=O)c4ccccc4)c4ccccc4)C(C)=C1C3(C)C)[C@]1(OC(C)=O)CO[C@@H]1C[C@@H]2O. The molecule has 11 atom stereocenters. The van der Waals surface area contributed by atoms with Gasteiger partial charge >= 0.3 is 30.0 Å². The van der Waals surface area contributed by atoms with E-state index in [-0.39, 0.29) is 76.7 Å². The first-order valence-corrected chi connectivity index (χ1v) is 27.8. The minimum atomic E-state index is -2.53. The lowest BCUT2D eigenvalue weighted by Crippen LogP contribution is -2.82. The Morgan fingerprint density at radius 2 is 1.37 bits per heavy atom. The Morgan fingerprint density at radius 1 is 0.779 bits per heavy atom. The van der Waals surface area contributed by atoms with E-state index in [1.165, 1.54) is 88.7 Å². The second-order valence-corrected chi connectivity index (χ2v) is 22.5. The number of hydrogen-bond donors (Lipinski definition) is 7. The second kappa shape index (κ2) is 24.8. The average molecular weight is 1180 g/mol. The first kappa shape index (κ1) is 61.3. The van der Waals surface area contributed by atoms with Crippen molar-refractivity contribution in [1.29, 1.82) is 0 Å². The molecule has 3 fully saturated rings. The number of rotatable bonds is 17. The zero-order chi connectivity index (χ0) is 61.9. The number of phenolic OH excluding ortho intramolecular Hbond substituents is 2. The number of nitrogens with zero attached hydrogens (tertiary/aromatic N) is 2. The minimum Gasteiger partial charge on any atom is -0.507 e. The average Bonchev–Trinajstić information content (AvgIpc) is 0.691. The van der Waals surface area contributed by atoms with Gasteiger partial charge in [0.15, 0.2) is 17.5 Å². The summed E-state index contributed by atoms with van der Waals surface area (Å²) in [6.45, 7) is 8.06. The van der Waals surface area contributed by atoms with Gasteiger partial charge in [-0.2, -0.15) is 0 Å². The second-order valence-electron chi connectivity index (χ2n) is 22.5. The lowest BCUT2D eigenvalue weighted by atomic mass is 9.44. The molecule has 450 valence electrons. The van der Waals surface area contributed by atoms with E-state index < -0.39 is 119 Å². The van der Waals surface area contributed by atoms with Crippen LogP contribution in [0.4, 0.5) is 16.2 Å². The number of nitrogen functional groups attached to an aromatic ring is 1. The molecule has 2 saturated carbocycles. The molecule has 0 spiro atoms. The summed E-state index contributed by atoms with van der Waals surface area (Å²) in [6, 6.07) is 30.8. The fourth-order valence-corrected chi connectivity index (χ4v) is 12.4. The molecule has 1 heterocycles. The van der Waals surface area contributed by atoms with Crippen molar-refractivity contribution in [3.63, 3.8) is 0 Å². The van der Waals surface area contributed by atoms with Crippen LogP contribution in [0.3, 0.4) is 0 Å². The summed E-state index contributed by atoms with van der Waals surface area (Å²) in [5.74, 6) is -7.58. The number of nitrogens with one attached hydrogen (secondary N) is 2. The van der Waals surface area contributed by atoms with Crippen LogP contribution in [0.1, 0.15) is 97.8 Å². The molecule has 2 bridgehead atoms. The number of anilines is 2. The number of Topliss-reactive ketones (excluding diaryl/α,β-unsaturated/α-hetero) is 1. The molecule has 1 saturated heterocycles. The third-order valence-corrected chi connectivity index (χ3v) is 16.8. The van der Waals surface area contributed by atoms with Crippen LogP contribution in [-0.2, 0) is 47.6 Å². The van der Waals surface area contributed by atoms with Crippen LogP contribution in [0, 0.1) is 16.7 Å². The molecule has 4 aliphatic rings. The van der Waals surface area contributed by atoms with E-state index in [4.69, 9.17) is 34.2 Å². The van der Waals surface area contributed by atoms with Gasteiger partial charge in [0.05, 0.1) is 42.7 Å². The number of fused-ring (bicyclic) bond motifs is 5. The number of carbonyl (C=O) groups is 7. The van der Waals surface area contributed by atoms with Crippen LogP contribution in [0.2, 0.25) is 0 Å². The molecule has 9 rings (SSSR count). The Hall–Kier alpha value is -9.25. The smallest absolute Gasteiger partial charge is 0.412 e. The highest BCUT2D eigenvalue weighted by Crippen LogP contribution is 2.64. The van der Waals surface area contributed by atoms with Crippen LogP contribution >= 0.6 is 0 Å². The number of aromatic hydroxyl groups is 2. The van der Waals surface area contributed by atoms with Crippen LogP contribution in [0.15, 0.2) is 149 Å². The highest BCUT2D eigenvalue weighted by Gasteiger charge is 2.78. The molecule has 86 heavy (non-hydrogen) atoms. The maximum atomic E-state index is 15.9. The number of hydrogen-bond acceptors (Lipinski definition) is 20. The molecule has 8 N–H and O–H groups in total. The topological polar surface area (TPSA) is 331 Å². The number of aliphatic imine (C=N–C) groups is 2. The molecule has 3 aliphatic carbocycles. The Kier molecular flexibility index (Phi) is 17.7. The van der Waals surface area contributed by atoms with Crippen molar-refractivity contribution in [2.24, 2.45) is 26.7 Å². The Labute approximate surface area is 495 Å². The minimum absolute atomic E-state index is 0.00809. The number of ketones is 1. The maximum Gasteiger partial charge on any atom is 0.412 e. The summed E-state index contributed by atoms with van der Waals surface area (Å²) in [7, 11) is 0. The lowest BCUT2D eigenvalue weighted by molar-refractivity contribution is -0.346. The van der Waals surface area contributed by atoms with Gasteiger partial charge in [0.2, 0.25) is 6.10 Å². The highest BCUT2D eigenvalue weighted by molar-refractivity contribution is 5.97. The Morgan fingerprint density at radius 3 is 1.97 bits per heavy atom. The maximum absolute atomic E-state index is 15.9. The summed E-state index contributed by atoms with van der Waals surface area (Å²) in [6.07, 6.45) is -9.78.